The second kappa shape index (κ2) is 6.04. The van der Waals surface area contributed by atoms with Crippen molar-refractivity contribution < 1.29 is 19.5 Å². The summed E-state index contributed by atoms with van der Waals surface area (Å²) in [6.45, 7) is 0. The van der Waals surface area contributed by atoms with Crippen LogP contribution in [0, 0.1) is 0 Å². The molecule has 0 spiro atoms. The molecule has 1 heterocycles. The molecule has 0 aliphatic heterocycles. The SMILES string of the molecule is NC(=O)CCC(NC(=O)c1ccc2[nH]ncc2c1)C(=O)O. The number of nitrogens with one attached hydrogen (secondary N) is 2. The molecule has 2 rings (SSSR count). The Balaban J connectivity index is 2.10. The van der Waals surface area contributed by atoms with Crippen LogP contribution in [0.15, 0.2) is 24.4 Å². The number of rotatable bonds is 6. The van der Waals surface area contributed by atoms with E-state index >= 15 is 0 Å². The highest BCUT2D eigenvalue weighted by Crippen LogP contribution is 2.13. The van der Waals surface area contributed by atoms with Gasteiger partial charge in [0.15, 0.2) is 0 Å². The van der Waals surface area contributed by atoms with Crippen LogP contribution in [0.3, 0.4) is 0 Å². The van der Waals surface area contributed by atoms with E-state index in [0.29, 0.717) is 5.56 Å². The molecule has 0 radical (unpaired) electrons. The number of nitrogens with zero attached hydrogens (tertiary/aromatic N) is 1. The number of aromatic amines is 1. The lowest BCUT2D eigenvalue weighted by Gasteiger charge is -2.13. The number of carboxylic acid groups (broad SMARTS) is 1. The summed E-state index contributed by atoms with van der Waals surface area (Å²) >= 11 is 0. The lowest BCUT2D eigenvalue weighted by molar-refractivity contribution is -0.139. The summed E-state index contributed by atoms with van der Waals surface area (Å²) in [5.41, 5.74) is 6.07. The van der Waals surface area contributed by atoms with Gasteiger partial charge in [0.25, 0.3) is 5.91 Å². The van der Waals surface area contributed by atoms with Crippen LogP contribution >= 0.6 is 0 Å². The van der Waals surface area contributed by atoms with Crippen molar-refractivity contribution in [2.24, 2.45) is 5.73 Å². The van der Waals surface area contributed by atoms with Gasteiger partial charge in [0.05, 0.1) is 11.7 Å². The zero-order valence-electron chi connectivity index (χ0n) is 11.0. The number of aliphatic carboxylic acids is 1. The first-order valence-electron chi connectivity index (χ1n) is 6.22. The predicted octanol–water partition coefficient (Wildman–Crippen LogP) is 0.0114. The number of benzene rings is 1. The molecule has 5 N–H and O–H groups in total. The van der Waals surface area contributed by atoms with E-state index < -0.39 is 23.8 Å². The number of nitrogens with two attached hydrogens (primary N) is 1. The molecule has 0 saturated carbocycles. The first kappa shape index (κ1) is 14.5. The van der Waals surface area contributed by atoms with Crippen LogP contribution in [-0.2, 0) is 9.59 Å². The molecular weight excluding hydrogens is 276 g/mol. The fraction of sp³-hybridized carbons (Fsp3) is 0.231. The van der Waals surface area contributed by atoms with Crippen LogP contribution in [0.5, 0.6) is 0 Å². The van der Waals surface area contributed by atoms with Gasteiger partial charge in [-0.3, -0.25) is 14.7 Å². The van der Waals surface area contributed by atoms with Gasteiger partial charge in [-0.25, -0.2) is 4.79 Å². The van der Waals surface area contributed by atoms with Gasteiger partial charge in [-0.15, -0.1) is 0 Å². The molecule has 2 aromatic rings. The number of carboxylic acids is 1. The minimum atomic E-state index is -1.21. The molecule has 0 bridgehead atoms. The van der Waals surface area contributed by atoms with Crippen LogP contribution < -0.4 is 11.1 Å². The minimum Gasteiger partial charge on any atom is -0.480 e. The molecule has 0 saturated heterocycles. The average Bonchev–Trinajstić information content (AvgIpc) is 2.89. The third-order valence-corrected chi connectivity index (χ3v) is 2.99. The first-order chi connectivity index (χ1) is 9.97. The molecule has 1 atom stereocenters. The molecule has 0 aliphatic carbocycles. The van der Waals surface area contributed by atoms with Crippen molar-refractivity contribution in [1.82, 2.24) is 15.5 Å². The normalized spacial score (nSPS) is 12.0. The molecule has 1 unspecified atom stereocenters. The maximum Gasteiger partial charge on any atom is 0.326 e. The highest BCUT2D eigenvalue weighted by Gasteiger charge is 2.21. The number of fused-ring (bicyclic) bond motifs is 1. The highest BCUT2D eigenvalue weighted by molar-refractivity contribution is 5.99. The predicted molar refractivity (Wildman–Crippen MR) is 73.4 cm³/mol. The lowest BCUT2D eigenvalue weighted by atomic mass is 10.1. The van der Waals surface area contributed by atoms with Gasteiger partial charge >= 0.3 is 5.97 Å². The minimum absolute atomic E-state index is 0.0512. The quantitative estimate of drug-likeness (QED) is 0.593. The van der Waals surface area contributed by atoms with Gasteiger partial charge in [0.2, 0.25) is 5.91 Å². The summed E-state index contributed by atoms with van der Waals surface area (Å²) in [5, 5.41) is 18.7. The Bertz CT molecular complexity index is 694. The van der Waals surface area contributed by atoms with E-state index in [0.717, 1.165) is 10.9 Å². The number of carbonyl (C=O) groups is 3. The second-order valence-electron chi connectivity index (χ2n) is 4.54. The number of hydrogen-bond acceptors (Lipinski definition) is 4. The van der Waals surface area contributed by atoms with E-state index in [1.807, 2.05) is 0 Å². The summed E-state index contributed by atoms with van der Waals surface area (Å²) in [6.07, 6.45) is 1.40. The molecule has 2 amide bonds. The Hall–Kier alpha value is -2.90. The maximum absolute atomic E-state index is 12.0. The molecule has 0 fully saturated rings. The zero-order valence-corrected chi connectivity index (χ0v) is 11.0. The first-order valence-corrected chi connectivity index (χ1v) is 6.22. The van der Waals surface area contributed by atoms with Crippen molar-refractivity contribution >= 4 is 28.7 Å². The fourth-order valence-corrected chi connectivity index (χ4v) is 1.87. The topological polar surface area (TPSA) is 138 Å². The van der Waals surface area contributed by atoms with Crippen molar-refractivity contribution in [2.75, 3.05) is 0 Å². The largest absolute Gasteiger partial charge is 0.480 e. The summed E-state index contributed by atoms with van der Waals surface area (Å²) in [7, 11) is 0. The van der Waals surface area contributed by atoms with Gasteiger partial charge < -0.3 is 16.2 Å². The smallest absolute Gasteiger partial charge is 0.326 e. The zero-order chi connectivity index (χ0) is 15.4. The van der Waals surface area contributed by atoms with Crippen LogP contribution in [0.1, 0.15) is 23.2 Å². The fourth-order valence-electron chi connectivity index (χ4n) is 1.87. The number of H-pyrrole nitrogens is 1. The number of amides is 2. The molecule has 1 aromatic carbocycles. The van der Waals surface area contributed by atoms with Gasteiger partial charge in [-0.1, -0.05) is 0 Å². The molecule has 1 aromatic heterocycles. The summed E-state index contributed by atoms with van der Waals surface area (Å²) in [6, 6.07) is 3.67. The van der Waals surface area contributed by atoms with Crippen LogP contribution in [0.25, 0.3) is 10.9 Å². The Labute approximate surface area is 119 Å². The van der Waals surface area contributed by atoms with E-state index in [1.165, 1.54) is 0 Å². The number of primary amides is 1. The lowest BCUT2D eigenvalue weighted by Crippen LogP contribution is -2.41. The monoisotopic (exact) mass is 290 g/mol. The van der Waals surface area contributed by atoms with E-state index in [-0.39, 0.29) is 12.8 Å². The van der Waals surface area contributed by atoms with Crippen LogP contribution in [0.2, 0.25) is 0 Å². The molecule has 0 aliphatic rings. The Morgan fingerprint density at radius 3 is 2.81 bits per heavy atom. The third-order valence-electron chi connectivity index (χ3n) is 2.99. The van der Waals surface area contributed by atoms with Gasteiger partial charge in [0.1, 0.15) is 6.04 Å². The molecular formula is C13H14N4O4. The second-order valence-corrected chi connectivity index (χ2v) is 4.54. The summed E-state index contributed by atoms with van der Waals surface area (Å²) < 4.78 is 0. The van der Waals surface area contributed by atoms with Crippen molar-refractivity contribution in [2.45, 2.75) is 18.9 Å². The van der Waals surface area contributed by atoms with Crippen molar-refractivity contribution in [3.05, 3.63) is 30.0 Å². The highest BCUT2D eigenvalue weighted by atomic mass is 16.4. The Morgan fingerprint density at radius 1 is 1.38 bits per heavy atom. The van der Waals surface area contributed by atoms with E-state index in [9.17, 15) is 14.4 Å². The summed E-state index contributed by atoms with van der Waals surface area (Å²) in [4.78, 5) is 33.8. The van der Waals surface area contributed by atoms with E-state index in [2.05, 4.69) is 15.5 Å². The molecule has 110 valence electrons. The number of aromatic nitrogens is 2. The van der Waals surface area contributed by atoms with Gasteiger partial charge in [-0.2, -0.15) is 5.10 Å². The number of carbonyl (C=O) groups excluding carboxylic acids is 2. The molecule has 21 heavy (non-hydrogen) atoms. The standard InChI is InChI=1S/C13H14N4O4/c14-11(18)4-3-10(13(20)21)16-12(19)7-1-2-9-8(5-7)6-15-17-9/h1-2,5-6,10H,3-4H2,(H2,14,18)(H,15,17)(H,16,19)(H,20,21). The van der Waals surface area contributed by atoms with Crippen molar-refractivity contribution in [3.63, 3.8) is 0 Å². The Kier molecular flexibility index (Phi) is 4.17. The summed E-state index contributed by atoms with van der Waals surface area (Å²) in [5.74, 6) is -2.36. The van der Waals surface area contributed by atoms with E-state index in [1.54, 1.807) is 24.4 Å². The Morgan fingerprint density at radius 2 is 2.14 bits per heavy atom. The maximum atomic E-state index is 12.0. The third kappa shape index (κ3) is 3.56. The van der Waals surface area contributed by atoms with Gasteiger partial charge in [0, 0.05) is 17.4 Å². The van der Waals surface area contributed by atoms with Crippen molar-refractivity contribution in [1.29, 1.82) is 0 Å². The molecule has 8 nitrogen and oxygen atoms in total. The van der Waals surface area contributed by atoms with Crippen LogP contribution in [-0.4, -0.2) is 39.1 Å². The van der Waals surface area contributed by atoms with E-state index in [4.69, 9.17) is 10.8 Å². The molecule has 8 heteroatoms. The average molecular weight is 290 g/mol. The van der Waals surface area contributed by atoms with Crippen molar-refractivity contribution in [3.8, 4) is 0 Å². The number of hydrogen-bond donors (Lipinski definition) is 4. The van der Waals surface area contributed by atoms with Crippen LogP contribution in [0.4, 0.5) is 0 Å². The van der Waals surface area contributed by atoms with Gasteiger partial charge in [-0.05, 0) is 24.6 Å².